The van der Waals surface area contributed by atoms with E-state index in [4.69, 9.17) is 11.5 Å². The van der Waals surface area contributed by atoms with Gasteiger partial charge in [0.1, 0.15) is 0 Å². The van der Waals surface area contributed by atoms with Crippen LogP contribution in [0.15, 0.2) is 24.3 Å². The van der Waals surface area contributed by atoms with Crippen molar-refractivity contribution in [2.24, 2.45) is 0 Å². The predicted molar refractivity (Wildman–Crippen MR) is 62.6 cm³/mol. The molecule has 0 amide bonds. The minimum absolute atomic E-state index is 0. The molecule has 0 bridgehead atoms. The van der Waals surface area contributed by atoms with Gasteiger partial charge >= 0.3 is 42.1 Å². The van der Waals surface area contributed by atoms with Crippen molar-refractivity contribution >= 4 is 0 Å². The molecule has 1 aromatic rings. The normalized spacial score (nSPS) is 5.44. The smallest absolute Gasteiger partial charge is 1.00 e. The van der Waals surface area contributed by atoms with Gasteiger partial charge in [0.15, 0.2) is 0 Å². The number of benzene rings is 1. The Morgan fingerprint density at radius 3 is 0.889 bits per heavy atom. The van der Waals surface area contributed by atoms with Crippen molar-refractivity contribution in [3.63, 3.8) is 0 Å². The molecule has 0 aromatic heterocycles. The summed E-state index contributed by atoms with van der Waals surface area (Å²) in [4.78, 5) is 0. The van der Waals surface area contributed by atoms with Gasteiger partial charge in [0.2, 0.25) is 0 Å². The first-order valence-electron chi connectivity index (χ1n) is 3.24. The van der Waals surface area contributed by atoms with Crippen molar-refractivity contribution in [3.05, 3.63) is 46.9 Å². The van der Waals surface area contributed by atoms with E-state index in [-0.39, 0.29) is 91.5 Å². The molecule has 1 rings (SSSR count). The van der Waals surface area contributed by atoms with Gasteiger partial charge in [-0.3, -0.25) is 0 Å². The zero-order valence-electron chi connectivity index (χ0n) is 9.94. The van der Waals surface area contributed by atoms with Gasteiger partial charge in [0.25, 0.3) is 0 Å². The molecule has 10 heteroatoms. The van der Waals surface area contributed by atoms with E-state index in [0.29, 0.717) is 13.1 Å². The second kappa shape index (κ2) is 30.7. The van der Waals surface area contributed by atoms with Crippen LogP contribution in [0.1, 0.15) is 11.1 Å². The third kappa shape index (κ3) is 19.3. The Balaban J connectivity index is -0.0000000208. The van der Waals surface area contributed by atoms with Crippen LogP contribution in [0, 0.1) is 0 Å². The van der Waals surface area contributed by atoms with Gasteiger partial charge in [-0.05, 0) is 0 Å². The number of rotatable bonds is 2. The molecule has 0 aliphatic rings. The van der Waals surface area contributed by atoms with Gasteiger partial charge in [-0.15, -0.1) is 13.1 Å². The molecule has 0 unspecified atom stereocenters. The monoisotopic (exact) mass is 662 g/mol. The molecule has 0 saturated heterocycles. The van der Waals surface area contributed by atoms with Crippen LogP contribution in [-0.2, 0) is 55.2 Å². The fourth-order valence-corrected chi connectivity index (χ4v) is 0.775. The van der Waals surface area contributed by atoms with Gasteiger partial charge in [0, 0.05) is 0 Å². The molecule has 0 atom stereocenters. The van der Waals surface area contributed by atoms with Gasteiger partial charge in [-0.1, -0.05) is 35.4 Å². The number of nitrogens with one attached hydrogen (secondary N) is 2. The topological polar surface area (TPSA) is 188 Å². The molecule has 6 nitrogen and oxygen atoms in total. The first-order valence-corrected chi connectivity index (χ1v) is 3.24. The van der Waals surface area contributed by atoms with Crippen molar-refractivity contribution in [3.8, 4) is 0 Å². The SMILES string of the molecule is N.N.N.N.[Cl-].[Cl-].[NH-]Cc1ccc(C[NH-])cc1.[Pt+2].[Pt+2]. The first kappa shape index (κ1) is 50.9. The van der Waals surface area contributed by atoms with E-state index in [9.17, 15) is 0 Å². The molecule has 0 fully saturated rings. The van der Waals surface area contributed by atoms with Crippen LogP contribution in [0.2, 0.25) is 0 Å². The summed E-state index contributed by atoms with van der Waals surface area (Å²) in [7, 11) is 0. The third-order valence-corrected chi connectivity index (χ3v) is 1.43. The summed E-state index contributed by atoms with van der Waals surface area (Å²) < 4.78 is 0. The Kier molecular flexibility index (Phi) is 87.0. The second-order valence-electron chi connectivity index (χ2n) is 2.17. The standard InChI is InChI=1S/C8H10N2.2ClH.4H3N.2Pt/c9-5-7-1-2-8(6-10)4-3-7;;;;;;;;/h1-4,9-10H,5-6H2;2*1H;4*1H3;;/q-2;;;;;;;2*+2/p-2. The van der Waals surface area contributed by atoms with Crippen molar-refractivity contribution in [1.29, 1.82) is 0 Å². The van der Waals surface area contributed by atoms with Gasteiger partial charge in [-0.2, -0.15) is 0 Å². The molecule has 14 N–H and O–H groups in total. The molecule has 118 valence electrons. The molecule has 0 heterocycles. The molecule has 0 aliphatic heterocycles. The molecule has 1 aromatic carbocycles. The van der Waals surface area contributed by atoms with E-state index in [0.717, 1.165) is 11.1 Å². The van der Waals surface area contributed by atoms with Crippen LogP contribution >= 0.6 is 0 Å². The van der Waals surface area contributed by atoms with E-state index in [2.05, 4.69) is 0 Å². The van der Waals surface area contributed by atoms with Crippen LogP contribution < -0.4 is 49.4 Å². The summed E-state index contributed by atoms with van der Waals surface area (Å²) in [6.45, 7) is 0.663. The van der Waals surface area contributed by atoms with E-state index < -0.39 is 0 Å². The maximum Gasteiger partial charge on any atom is 2.00 e. The largest absolute Gasteiger partial charge is 2.00 e. The molecule has 0 saturated carbocycles. The van der Waals surface area contributed by atoms with E-state index in [1.807, 2.05) is 24.3 Å². The fourth-order valence-electron chi connectivity index (χ4n) is 0.775. The number of halogens is 2. The Labute approximate surface area is 150 Å². The van der Waals surface area contributed by atoms with E-state index >= 15 is 0 Å². The Morgan fingerprint density at radius 1 is 0.611 bits per heavy atom. The van der Waals surface area contributed by atoms with Crippen LogP contribution in [0.4, 0.5) is 0 Å². The maximum atomic E-state index is 7.02. The average molecular weight is 663 g/mol. The van der Waals surface area contributed by atoms with Crippen molar-refractivity contribution in [2.75, 3.05) is 0 Å². The quantitative estimate of drug-likeness (QED) is 0.271. The number of hydrogen-bond donors (Lipinski definition) is 4. The Hall–Kier alpha value is 0.937. The van der Waals surface area contributed by atoms with Crippen LogP contribution in [0.25, 0.3) is 11.5 Å². The zero-order chi connectivity index (χ0) is 7.40. The summed E-state index contributed by atoms with van der Waals surface area (Å²) in [5.41, 5.74) is 16.1. The van der Waals surface area contributed by atoms with Crippen molar-refractivity contribution in [2.45, 2.75) is 13.1 Å². The van der Waals surface area contributed by atoms with Crippen LogP contribution in [0.3, 0.4) is 0 Å². The van der Waals surface area contributed by atoms with E-state index in [1.54, 1.807) is 0 Å². The molecule has 0 aliphatic carbocycles. The predicted octanol–water partition coefficient (Wildman–Crippen LogP) is -2.56. The summed E-state index contributed by atoms with van der Waals surface area (Å²) in [5.74, 6) is 0. The summed E-state index contributed by atoms with van der Waals surface area (Å²) in [5, 5.41) is 0. The minimum atomic E-state index is 0. The summed E-state index contributed by atoms with van der Waals surface area (Å²) >= 11 is 0. The molecule has 18 heavy (non-hydrogen) atoms. The van der Waals surface area contributed by atoms with Crippen molar-refractivity contribution in [1.82, 2.24) is 24.6 Å². The molecular formula is C8H22Cl2N6Pt2. The Morgan fingerprint density at radius 2 is 0.778 bits per heavy atom. The fraction of sp³-hybridized carbons (Fsp3) is 0.250. The van der Waals surface area contributed by atoms with E-state index in [1.165, 1.54) is 0 Å². The molecular weight excluding hydrogens is 641 g/mol. The van der Waals surface area contributed by atoms with Crippen LogP contribution in [-0.4, -0.2) is 0 Å². The molecule has 0 radical (unpaired) electrons. The number of hydrogen-bond acceptors (Lipinski definition) is 4. The average Bonchev–Trinajstić information content (AvgIpc) is 2.05. The summed E-state index contributed by atoms with van der Waals surface area (Å²) in [6, 6.07) is 7.60. The van der Waals surface area contributed by atoms with Gasteiger partial charge in [-0.25, -0.2) is 0 Å². The minimum Gasteiger partial charge on any atom is -1.00 e. The second-order valence-corrected chi connectivity index (χ2v) is 2.17. The summed E-state index contributed by atoms with van der Waals surface area (Å²) in [6.07, 6.45) is 0. The molecule has 0 spiro atoms. The first-order chi connectivity index (χ1) is 4.86. The van der Waals surface area contributed by atoms with Crippen LogP contribution in [0.5, 0.6) is 0 Å². The Bertz CT molecular complexity index is 192. The van der Waals surface area contributed by atoms with Gasteiger partial charge < -0.3 is 60.9 Å². The van der Waals surface area contributed by atoms with Crippen molar-refractivity contribution < 1.29 is 66.9 Å². The zero-order valence-corrected chi connectivity index (χ0v) is 16.0. The van der Waals surface area contributed by atoms with Gasteiger partial charge in [0.05, 0.1) is 0 Å². The third-order valence-electron chi connectivity index (χ3n) is 1.43. The maximum absolute atomic E-state index is 7.02.